The van der Waals surface area contributed by atoms with Gasteiger partial charge >= 0.3 is 6.18 Å². The van der Waals surface area contributed by atoms with Crippen LogP contribution in [0, 0.1) is 6.92 Å². The average Bonchev–Trinajstić information content (AvgIpc) is 2.07. The van der Waals surface area contributed by atoms with Crippen molar-refractivity contribution >= 4 is 11.8 Å². The zero-order valence-electron chi connectivity index (χ0n) is 7.22. The van der Waals surface area contributed by atoms with Gasteiger partial charge in [0.05, 0.1) is 11.3 Å². The average molecular weight is 201 g/mol. The van der Waals surface area contributed by atoms with Crippen molar-refractivity contribution < 1.29 is 18.0 Å². The maximum atomic E-state index is 12.4. The number of nitrogens with zero attached hydrogens (tertiary/aromatic N) is 1. The molecule has 0 radical (unpaired) electrons. The van der Waals surface area contributed by atoms with Crippen molar-refractivity contribution in [3.8, 4) is 0 Å². The number of aliphatic imine (C=N–C) groups is 1. The van der Waals surface area contributed by atoms with Crippen LogP contribution in [0.2, 0.25) is 0 Å². The quantitative estimate of drug-likeness (QED) is 0.507. The molecular formula is C9H6F3NO. The summed E-state index contributed by atoms with van der Waals surface area (Å²) in [5.41, 5.74) is -0.860. The van der Waals surface area contributed by atoms with Crippen LogP contribution in [0.3, 0.4) is 0 Å². The number of alkyl halides is 3. The summed E-state index contributed by atoms with van der Waals surface area (Å²) >= 11 is 0. The van der Waals surface area contributed by atoms with Crippen molar-refractivity contribution in [2.45, 2.75) is 13.1 Å². The van der Waals surface area contributed by atoms with Gasteiger partial charge in [0.1, 0.15) is 0 Å². The van der Waals surface area contributed by atoms with Crippen LogP contribution >= 0.6 is 0 Å². The van der Waals surface area contributed by atoms with E-state index in [0.717, 1.165) is 18.2 Å². The molecule has 1 aromatic rings. The standard InChI is InChI=1S/C9H6F3NO/c1-6-2-3-8(13-5-14)7(4-6)9(10,11)12/h2-4H,1H3. The van der Waals surface area contributed by atoms with Crippen LogP contribution in [0.25, 0.3) is 0 Å². The molecule has 2 nitrogen and oxygen atoms in total. The third-order valence-electron chi connectivity index (χ3n) is 1.62. The second-order valence-electron chi connectivity index (χ2n) is 2.72. The molecule has 0 fully saturated rings. The van der Waals surface area contributed by atoms with Crippen LogP contribution in [-0.2, 0) is 11.0 Å². The highest BCUT2D eigenvalue weighted by Gasteiger charge is 2.33. The fourth-order valence-corrected chi connectivity index (χ4v) is 1.02. The van der Waals surface area contributed by atoms with Crippen LogP contribution in [0.15, 0.2) is 23.2 Å². The third-order valence-corrected chi connectivity index (χ3v) is 1.62. The summed E-state index contributed by atoms with van der Waals surface area (Å²) in [6, 6.07) is 3.53. The topological polar surface area (TPSA) is 29.4 Å². The monoisotopic (exact) mass is 201 g/mol. The van der Waals surface area contributed by atoms with E-state index in [9.17, 15) is 18.0 Å². The molecule has 0 saturated carbocycles. The third kappa shape index (κ3) is 2.20. The van der Waals surface area contributed by atoms with E-state index in [-0.39, 0.29) is 0 Å². The molecule has 0 aliphatic rings. The van der Waals surface area contributed by atoms with Crippen molar-refractivity contribution in [2.24, 2.45) is 4.99 Å². The van der Waals surface area contributed by atoms with Crippen molar-refractivity contribution in [3.63, 3.8) is 0 Å². The fourth-order valence-electron chi connectivity index (χ4n) is 1.02. The number of aryl methyl sites for hydroxylation is 1. The second-order valence-corrected chi connectivity index (χ2v) is 2.72. The fraction of sp³-hybridized carbons (Fsp3) is 0.222. The van der Waals surface area contributed by atoms with Gasteiger partial charge in [-0.3, -0.25) is 0 Å². The molecule has 0 aromatic heterocycles. The van der Waals surface area contributed by atoms with Gasteiger partial charge in [-0.25, -0.2) is 4.79 Å². The normalized spacial score (nSPS) is 10.9. The molecule has 5 heteroatoms. The first-order valence-corrected chi connectivity index (χ1v) is 3.71. The molecule has 0 saturated heterocycles. The van der Waals surface area contributed by atoms with Gasteiger partial charge in [-0.2, -0.15) is 18.2 Å². The molecule has 1 rings (SSSR count). The number of halogens is 3. The minimum atomic E-state index is -4.50. The Balaban J connectivity index is 3.37. The Hall–Kier alpha value is -1.61. The molecular weight excluding hydrogens is 195 g/mol. The molecule has 14 heavy (non-hydrogen) atoms. The number of hydrogen-bond donors (Lipinski definition) is 0. The first-order valence-electron chi connectivity index (χ1n) is 3.71. The SMILES string of the molecule is Cc1ccc(N=C=O)c(C(F)(F)F)c1. The number of hydrogen-bond acceptors (Lipinski definition) is 2. The van der Waals surface area contributed by atoms with Gasteiger partial charge in [0, 0.05) is 0 Å². The summed E-state index contributed by atoms with van der Waals surface area (Å²) in [6.07, 6.45) is -3.41. The van der Waals surface area contributed by atoms with Crippen LogP contribution in [0.5, 0.6) is 0 Å². The molecule has 74 valence electrons. The van der Waals surface area contributed by atoms with E-state index in [0.29, 0.717) is 5.56 Å². The lowest BCUT2D eigenvalue weighted by atomic mass is 10.1. The summed E-state index contributed by atoms with van der Waals surface area (Å²) in [7, 11) is 0. The predicted molar refractivity (Wildman–Crippen MR) is 44.0 cm³/mol. The molecule has 0 aliphatic carbocycles. The predicted octanol–water partition coefficient (Wildman–Crippen LogP) is 2.98. The van der Waals surface area contributed by atoms with E-state index < -0.39 is 17.4 Å². The Morgan fingerprint density at radius 3 is 2.50 bits per heavy atom. The van der Waals surface area contributed by atoms with E-state index in [4.69, 9.17) is 0 Å². The Morgan fingerprint density at radius 1 is 1.36 bits per heavy atom. The van der Waals surface area contributed by atoms with Gasteiger partial charge in [0.25, 0.3) is 0 Å². The number of benzene rings is 1. The largest absolute Gasteiger partial charge is 0.418 e. The molecule has 0 N–H and O–H groups in total. The summed E-state index contributed by atoms with van der Waals surface area (Å²) in [5, 5.41) is 0. The molecule has 1 aromatic carbocycles. The van der Waals surface area contributed by atoms with E-state index in [2.05, 4.69) is 4.99 Å². The van der Waals surface area contributed by atoms with Gasteiger partial charge in [0.2, 0.25) is 6.08 Å². The van der Waals surface area contributed by atoms with Gasteiger partial charge < -0.3 is 0 Å². The summed E-state index contributed by atoms with van der Waals surface area (Å²) in [5.74, 6) is 0. The number of carbonyl (C=O) groups excluding carboxylic acids is 1. The Labute approximate surface area is 78.1 Å². The minimum Gasteiger partial charge on any atom is -0.211 e. The van der Waals surface area contributed by atoms with Gasteiger partial charge in [-0.15, -0.1) is 0 Å². The maximum Gasteiger partial charge on any atom is 0.418 e. The van der Waals surface area contributed by atoms with E-state index in [1.54, 1.807) is 0 Å². The lowest BCUT2D eigenvalue weighted by Crippen LogP contribution is -2.05. The molecule has 0 bridgehead atoms. The van der Waals surface area contributed by atoms with Crippen LogP contribution in [0.1, 0.15) is 11.1 Å². The molecule has 0 unspecified atom stereocenters. The molecule has 0 spiro atoms. The molecule has 0 amide bonds. The van der Waals surface area contributed by atoms with Crippen molar-refractivity contribution in [1.29, 1.82) is 0 Å². The second kappa shape index (κ2) is 3.64. The lowest BCUT2D eigenvalue weighted by molar-refractivity contribution is -0.137. The van der Waals surface area contributed by atoms with Crippen molar-refractivity contribution in [3.05, 3.63) is 29.3 Å². The first-order chi connectivity index (χ1) is 6.45. The summed E-state index contributed by atoms with van der Waals surface area (Å²) in [6.45, 7) is 1.53. The van der Waals surface area contributed by atoms with Gasteiger partial charge in [0.15, 0.2) is 0 Å². The van der Waals surface area contributed by atoms with Crippen LogP contribution in [0.4, 0.5) is 18.9 Å². The zero-order chi connectivity index (χ0) is 10.8. The summed E-state index contributed by atoms with van der Waals surface area (Å²) in [4.78, 5) is 12.9. The van der Waals surface area contributed by atoms with Gasteiger partial charge in [-0.05, 0) is 19.1 Å². The first kappa shape index (κ1) is 10.5. The minimum absolute atomic E-state index is 0.405. The van der Waals surface area contributed by atoms with Crippen molar-refractivity contribution in [2.75, 3.05) is 0 Å². The highest BCUT2D eigenvalue weighted by molar-refractivity contribution is 5.55. The van der Waals surface area contributed by atoms with E-state index >= 15 is 0 Å². The highest BCUT2D eigenvalue weighted by Crippen LogP contribution is 2.36. The molecule has 0 atom stereocenters. The molecule has 0 heterocycles. The van der Waals surface area contributed by atoms with Crippen molar-refractivity contribution in [1.82, 2.24) is 0 Å². The highest BCUT2D eigenvalue weighted by atomic mass is 19.4. The Morgan fingerprint density at radius 2 is 2.00 bits per heavy atom. The smallest absolute Gasteiger partial charge is 0.211 e. The van der Waals surface area contributed by atoms with E-state index in [1.807, 2.05) is 0 Å². The van der Waals surface area contributed by atoms with Crippen LogP contribution in [-0.4, -0.2) is 6.08 Å². The van der Waals surface area contributed by atoms with Gasteiger partial charge in [-0.1, -0.05) is 11.6 Å². The van der Waals surface area contributed by atoms with Crippen LogP contribution < -0.4 is 0 Å². The zero-order valence-corrected chi connectivity index (χ0v) is 7.22. The molecule has 0 aliphatic heterocycles. The number of rotatable bonds is 1. The number of isocyanates is 1. The Bertz CT molecular complexity index is 392. The summed E-state index contributed by atoms with van der Waals surface area (Å²) < 4.78 is 37.1. The maximum absolute atomic E-state index is 12.4. The Kier molecular flexibility index (Phi) is 2.72. The lowest BCUT2D eigenvalue weighted by Gasteiger charge is -2.09. The van der Waals surface area contributed by atoms with E-state index in [1.165, 1.54) is 13.0 Å².